The zero-order valence-corrected chi connectivity index (χ0v) is 10.00. The van der Waals surface area contributed by atoms with E-state index in [1.807, 2.05) is 6.92 Å². The Bertz CT molecular complexity index is 489. The molecule has 3 nitrogen and oxygen atoms in total. The van der Waals surface area contributed by atoms with Crippen LogP contribution in [-0.2, 0) is 4.79 Å². The summed E-state index contributed by atoms with van der Waals surface area (Å²) in [6.45, 7) is 2.19. The average molecular weight is 256 g/mol. The van der Waals surface area contributed by atoms with Crippen molar-refractivity contribution in [3.8, 4) is 0 Å². The van der Waals surface area contributed by atoms with Crippen LogP contribution in [0.2, 0.25) is 0 Å². The average Bonchev–Trinajstić information content (AvgIpc) is 2.54. The Labute approximate surface area is 103 Å². The number of amides is 1. The summed E-state index contributed by atoms with van der Waals surface area (Å²) in [5, 5.41) is 0. The third kappa shape index (κ3) is 2.05. The summed E-state index contributed by atoms with van der Waals surface area (Å²) in [5.74, 6) is -1.23. The molecule has 1 amide bonds. The van der Waals surface area contributed by atoms with E-state index < -0.39 is 17.5 Å². The lowest BCUT2D eigenvalue weighted by Crippen LogP contribution is -2.34. The van der Waals surface area contributed by atoms with Gasteiger partial charge >= 0.3 is 0 Å². The molecule has 0 saturated carbocycles. The van der Waals surface area contributed by atoms with Gasteiger partial charge in [0.1, 0.15) is 5.82 Å². The highest BCUT2D eigenvalue weighted by molar-refractivity contribution is 6.52. The number of hydrogen-bond acceptors (Lipinski definition) is 2. The molecule has 0 aromatic heterocycles. The van der Waals surface area contributed by atoms with Gasteiger partial charge in [-0.3, -0.25) is 9.59 Å². The first kappa shape index (κ1) is 12.0. The molecule has 1 aliphatic heterocycles. The number of ketones is 1. The topological polar surface area (TPSA) is 37.4 Å². The number of fused-ring (bicyclic) bond motifs is 1. The van der Waals surface area contributed by atoms with Gasteiger partial charge in [-0.05, 0) is 24.1 Å². The molecule has 17 heavy (non-hydrogen) atoms. The summed E-state index contributed by atoms with van der Waals surface area (Å²) in [6.07, 6.45) is 0. The Hall–Kier alpha value is -1.42. The number of hydrogen-bond donors (Lipinski definition) is 0. The Balaban J connectivity index is 2.39. The van der Waals surface area contributed by atoms with Crippen LogP contribution >= 0.6 is 11.6 Å². The Morgan fingerprint density at radius 1 is 1.41 bits per heavy atom. The molecule has 1 aliphatic rings. The van der Waals surface area contributed by atoms with Crippen molar-refractivity contribution >= 4 is 29.0 Å². The highest BCUT2D eigenvalue weighted by atomic mass is 35.5. The molecule has 90 valence electrons. The zero-order valence-electron chi connectivity index (χ0n) is 9.24. The lowest BCUT2D eigenvalue weighted by molar-refractivity contribution is -0.114. The molecule has 0 fully saturated rings. The third-order valence-electron chi connectivity index (χ3n) is 2.69. The number of carbonyl (C=O) groups is 2. The van der Waals surface area contributed by atoms with Gasteiger partial charge in [-0.1, -0.05) is 6.92 Å². The molecule has 0 radical (unpaired) electrons. The Morgan fingerprint density at radius 2 is 2.12 bits per heavy atom. The van der Waals surface area contributed by atoms with E-state index >= 15 is 0 Å². The summed E-state index contributed by atoms with van der Waals surface area (Å²) in [6, 6.07) is 3.73. The van der Waals surface area contributed by atoms with Gasteiger partial charge in [0, 0.05) is 12.4 Å². The third-order valence-corrected chi connectivity index (χ3v) is 3.22. The quantitative estimate of drug-likeness (QED) is 0.614. The fraction of sp³-hybridized carbons (Fsp3) is 0.333. The Kier molecular flexibility index (Phi) is 3.15. The van der Waals surface area contributed by atoms with E-state index in [4.69, 9.17) is 11.6 Å². The van der Waals surface area contributed by atoms with Crippen molar-refractivity contribution in [2.24, 2.45) is 5.92 Å². The number of nitrogens with zero attached hydrogens (tertiary/aromatic N) is 1. The molecule has 1 atom stereocenters. The van der Waals surface area contributed by atoms with Crippen LogP contribution in [0.4, 0.5) is 10.1 Å². The summed E-state index contributed by atoms with van der Waals surface area (Å²) in [4.78, 5) is 24.7. The molecule has 1 aromatic carbocycles. The van der Waals surface area contributed by atoms with Crippen LogP contribution in [0.25, 0.3) is 0 Å². The van der Waals surface area contributed by atoms with Crippen molar-refractivity contribution in [1.82, 2.24) is 0 Å². The molecular weight excluding hydrogens is 245 g/mol. The Morgan fingerprint density at radius 3 is 2.76 bits per heavy atom. The monoisotopic (exact) mass is 255 g/mol. The summed E-state index contributed by atoms with van der Waals surface area (Å²) in [5.41, 5.74) is 0.607. The second-order valence-corrected chi connectivity index (χ2v) is 4.47. The molecule has 0 aliphatic carbocycles. The molecule has 0 N–H and O–H groups in total. The van der Waals surface area contributed by atoms with E-state index in [2.05, 4.69) is 0 Å². The number of anilines is 1. The van der Waals surface area contributed by atoms with Gasteiger partial charge in [0.05, 0.1) is 11.3 Å². The summed E-state index contributed by atoms with van der Waals surface area (Å²) >= 11 is 5.68. The number of benzene rings is 1. The molecule has 0 bridgehead atoms. The minimum Gasteiger partial charge on any atom is -0.304 e. The van der Waals surface area contributed by atoms with Crippen molar-refractivity contribution in [3.05, 3.63) is 29.6 Å². The maximum atomic E-state index is 13.1. The lowest BCUT2D eigenvalue weighted by Gasteiger charge is -2.19. The summed E-state index contributed by atoms with van der Waals surface area (Å²) < 4.78 is 13.1. The van der Waals surface area contributed by atoms with Crippen LogP contribution in [0.5, 0.6) is 0 Å². The first-order valence-electron chi connectivity index (χ1n) is 5.26. The lowest BCUT2D eigenvalue weighted by atomic mass is 10.1. The molecule has 5 heteroatoms. The molecule has 1 unspecified atom stereocenters. The van der Waals surface area contributed by atoms with E-state index in [0.717, 1.165) is 0 Å². The minimum absolute atomic E-state index is 0.0441. The zero-order chi connectivity index (χ0) is 12.6. The number of halogens is 2. The van der Waals surface area contributed by atoms with Gasteiger partial charge in [-0.25, -0.2) is 4.39 Å². The van der Waals surface area contributed by atoms with Gasteiger partial charge in [0.2, 0.25) is 0 Å². The van der Waals surface area contributed by atoms with Crippen molar-refractivity contribution in [1.29, 1.82) is 0 Å². The molecule has 0 saturated heterocycles. The fourth-order valence-electron chi connectivity index (χ4n) is 1.81. The van der Waals surface area contributed by atoms with Crippen LogP contribution in [0.1, 0.15) is 17.3 Å². The number of carbonyl (C=O) groups excluding carboxylic acids is 2. The number of alkyl halides is 1. The van der Waals surface area contributed by atoms with E-state index in [1.165, 1.54) is 23.1 Å². The predicted molar refractivity (Wildman–Crippen MR) is 63.0 cm³/mol. The maximum absolute atomic E-state index is 13.1. The van der Waals surface area contributed by atoms with Crippen LogP contribution in [0.3, 0.4) is 0 Å². The van der Waals surface area contributed by atoms with E-state index in [0.29, 0.717) is 18.1 Å². The first-order chi connectivity index (χ1) is 8.04. The van der Waals surface area contributed by atoms with Gasteiger partial charge < -0.3 is 4.90 Å². The molecule has 1 heterocycles. The number of Topliss-reactive ketones (excluding diaryl/α,β-unsaturated/α-hetero) is 1. The standard InChI is InChI=1S/C12H11ClFNO2/c1-7(5-13)6-15-10-4-8(14)2-3-9(10)11(16)12(15)17/h2-4,7H,5-6H2,1H3. The number of rotatable bonds is 3. The van der Waals surface area contributed by atoms with Gasteiger partial charge in [0.25, 0.3) is 11.7 Å². The normalized spacial score (nSPS) is 16.3. The SMILES string of the molecule is CC(CCl)CN1C(=O)C(=O)c2ccc(F)cc21. The van der Waals surface area contributed by atoms with Crippen molar-refractivity contribution in [2.75, 3.05) is 17.3 Å². The molecule has 2 rings (SSSR count). The predicted octanol–water partition coefficient (Wildman–Crippen LogP) is 2.23. The second kappa shape index (κ2) is 4.45. The van der Waals surface area contributed by atoms with Crippen molar-refractivity contribution < 1.29 is 14.0 Å². The first-order valence-corrected chi connectivity index (χ1v) is 5.79. The molecule has 0 spiro atoms. The summed E-state index contributed by atoms with van der Waals surface area (Å²) in [7, 11) is 0. The van der Waals surface area contributed by atoms with E-state index in [1.54, 1.807) is 0 Å². The molecular formula is C12H11ClFNO2. The van der Waals surface area contributed by atoms with Crippen LogP contribution < -0.4 is 4.90 Å². The maximum Gasteiger partial charge on any atom is 0.299 e. The van der Waals surface area contributed by atoms with Crippen molar-refractivity contribution in [3.63, 3.8) is 0 Å². The smallest absolute Gasteiger partial charge is 0.299 e. The second-order valence-electron chi connectivity index (χ2n) is 4.17. The fourth-order valence-corrected chi connectivity index (χ4v) is 1.91. The largest absolute Gasteiger partial charge is 0.304 e. The van der Waals surface area contributed by atoms with Crippen LogP contribution in [0.15, 0.2) is 18.2 Å². The van der Waals surface area contributed by atoms with E-state index in [-0.39, 0.29) is 11.5 Å². The highest BCUT2D eigenvalue weighted by Crippen LogP contribution is 2.30. The van der Waals surface area contributed by atoms with Crippen LogP contribution in [0, 0.1) is 11.7 Å². The van der Waals surface area contributed by atoms with E-state index in [9.17, 15) is 14.0 Å². The van der Waals surface area contributed by atoms with Gasteiger partial charge in [-0.2, -0.15) is 0 Å². The van der Waals surface area contributed by atoms with Crippen LogP contribution in [-0.4, -0.2) is 24.1 Å². The molecule has 1 aromatic rings. The minimum atomic E-state index is -0.609. The van der Waals surface area contributed by atoms with Gasteiger partial charge in [0.15, 0.2) is 0 Å². The van der Waals surface area contributed by atoms with Gasteiger partial charge in [-0.15, -0.1) is 11.6 Å². The highest BCUT2D eigenvalue weighted by Gasteiger charge is 2.36. The van der Waals surface area contributed by atoms with Crippen molar-refractivity contribution in [2.45, 2.75) is 6.92 Å².